The van der Waals surface area contributed by atoms with Crippen molar-refractivity contribution >= 4 is 39.4 Å². The first-order valence-electron chi connectivity index (χ1n) is 9.97. The van der Waals surface area contributed by atoms with E-state index in [0.717, 1.165) is 6.20 Å². The van der Waals surface area contributed by atoms with E-state index in [2.05, 4.69) is 20.6 Å². The number of carbonyl (C=O) groups is 2. The van der Waals surface area contributed by atoms with Crippen LogP contribution in [-0.4, -0.2) is 60.9 Å². The van der Waals surface area contributed by atoms with Crippen molar-refractivity contribution in [3.8, 4) is 6.07 Å². The predicted octanol–water partition coefficient (Wildman–Crippen LogP) is 0.783. The standard InChI is InChI=1S/C20H22FN7O5S/c1-11-3-4-12(8-16(11)34(23,31)32)26-20-24-9-14(21)18(27-20)25-13-7-15(19(30)33-2)28(10-13)17(29)5-6-22/h3-4,8-9,13,15H,5,7,10H2,1-2H3,(H2,23,31,32)(H2,24,25,26,27)/t13-,15+/m1/s1. The molecule has 14 heteroatoms. The number of likely N-dealkylation sites (tertiary alicyclic amines) is 1. The molecule has 1 aliphatic heterocycles. The molecule has 1 aliphatic rings. The maximum absolute atomic E-state index is 14.4. The van der Waals surface area contributed by atoms with E-state index < -0.39 is 46.2 Å². The first kappa shape index (κ1) is 24.8. The molecular weight excluding hydrogens is 469 g/mol. The van der Waals surface area contributed by atoms with E-state index >= 15 is 0 Å². The number of sulfonamides is 1. The predicted molar refractivity (Wildman–Crippen MR) is 118 cm³/mol. The van der Waals surface area contributed by atoms with Gasteiger partial charge in [0.05, 0.1) is 24.3 Å². The number of amides is 1. The van der Waals surface area contributed by atoms with Crippen molar-refractivity contribution in [1.29, 1.82) is 5.26 Å². The first-order valence-corrected chi connectivity index (χ1v) is 11.5. The van der Waals surface area contributed by atoms with E-state index in [1.807, 2.05) is 0 Å². The molecule has 3 rings (SSSR count). The number of aromatic nitrogens is 2. The Morgan fingerprint density at radius 2 is 2.15 bits per heavy atom. The molecule has 1 fully saturated rings. The van der Waals surface area contributed by atoms with Crippen molar-refractivity contribution in [2.24, 2.45) is 5.14 Å². The molecule has 2 heterocycles. The number of aryl methyl sites for hydroxylation is 1. The van der Waals surface area contributed by atoms with Crippen LogP contribution in [0.1, 0.15) is 18.4 Å². The van der Waals surface area contributed by atoms with Crippen molar-refractivity contribution in [2.45, 2.75) is 36.7 Å². The molecule has 0 saturated carbocycles. The Kier molecular flexibility index (Phi) is 7.28. The average molecular weight is 492 g/mol. The molecular formula is C20H22FN7O5S. The van der Waals surface area contributed by atoms with Crippen molar-refractivity contribution in [1.82, 2.24) is 14.9 Å². The van der Waals surface area contributed by atoms with Gasteiger partial charge in [-0.2, -0.15) is 10.2 Å². The highest BCUT2D eigenvalue weighted by atomic mass is 32.2. The number of anilines is 3. The number of hydrogen-bond acceptors (Lipinski definition) is 10. The fraction of sp³-hybridized carbons (Fsp3) is 0.350. The number of carbonyl (C=O) groups excluding carboxylic acids is 2. The normalized spacial score (nSPS) is 17.7. The summed E-state index contributed by atoms with van der Waals surface area (Å²) in [6.07, 6.45) is 0.622. The zero-order valence-corrected chi connectivity index (χ0v) is 19.1. The molecule has 1 aromatic heterocycles. The third-order valence-corrected chi connectivity index (χ3v) is 6.21. The molecule has 4 N–H and O–H groups in total. The number of ether oxygens (including phenoxy) is 1. The van der Waals surface area contributed by atoms with E-state index in [4.69, 9.17) is 15.1 Å². The molecule has 1 aromatic carbocycles. The van der Waals surface area contributed by atoms with Crippen molar-refractivity contribution in [3.63, 3.8) is 0 Å². The minimum atomic E-state index is -3.95. The summed E-state index contributed by atoms with van der Waals surface area (Å²) < 4.78 is 42.6. The van der Waals surface area contributed by atoms with Gasteiger partial charge in [-0.05, 0) is 24.6 Å². The van der Waals surface area contributed by atoms with Crippen LogP contribution in [-0.2, 0) is 24.3 Å². The number of benzene rings is 1. The molecule has 0 aliphatic carbocycles. The summed E-state index contributed by atoms with van der Waals surface area (Å²) in [7, 11) is -2.77. The van der Waals surface area contributed by atoms with Gasteiger partial charge in [-0.15, -0.1) is 0 Å². The van der Waals surface area contributed by atoms with E-state index in [1.54, 1.807) is 25.1 Å². The van der Waals surface area contributed by atoms with Crippen LogP contribution < -0.4 is 15.8 Å². The van der Waals surface area contributed by atoms with Crippen molar-refractivity contribution in [3.05, 3.63) is 35.8 Å². The summed E-state index contributed by atoms with van der Waals surface area (Å²) in [6, 6.07) is 4.70. The van der Waals surface area contributed by atoms with Gasteiger partial charge in [-0.3, -0.25) is 4.79 Å². The number of primary sulfonamides is 1. The van der Waals surface area contributed by atoms with Crippen LogP contribution in [0, 0.1) is 24.1 Å². The number of nitriles is 1. The minimum absolute atomic E-state index is 0.0299. The largest absolute Gasteiger partial charge is 0.467 e. The number of halogens is 1. The van der Waals surface area contributed by atoms with E-state index in [1.165, 1.54) is 18.1 Å². The van der Waals surface area contributed by atoms with Crippen LogP contribution in [0.4, 0.5) is 21.8 Å². The highest BCUT2D eigenvalue weighted by molar-refractivity contribution is 7.89. The monoisotopic (exact) mass is 491 g/mol. The van der Waals surface area contributed by atoms with E-state index in [9.17, 15) is 22.4 Å². The van der Waals surface area contributed by atoms with Gasteiger partial charge < -0.3 is 20.3 Å². The number of nitrogens with two attached hydrogens (primary N) is 1. The Morgan fingerprint density at radius 3 is 2.79 bits per heavy atom. The van der Waals surface area contributed by atoms with Gasteiger partial charge in [-0.25, -0.2) is 27.7 Å². The molecule has 12 nitrogen and oxygen atoms in total. The van der Waals surface area contributed by atoms with Gasteiger partial charge in [0.2, 0.25) is 21.9 Å². The molecule has 2 atom stereocenters. The molecule has 0 radical (unpaired) electrons. The third kappa shape index (κ3) is 5.56. The summed E-state index contributed by atoms with van der Waals surface area (Å²) in [6.45, 7) is 1.62. The second kappa shape index (κ2) is 9.98. The molecule has 2 aromatic rings. The van der Waals surface area contributed by atoms with Crippen LogP contribution in [0.25, 0.3) is 0 Å². The van der Waals surface area contributed by atoms with Crippen LogP contribution in [0.5, 0.6) is 0 Å². The smallest absolute Gasteiger partial charge is 0.328 e. The fourth-order valence-corrected chi connectivity index (χ4v) is 4.39. The second-order valence-corrected chi connectivity index (χ2v) is 9.07. The molecule has 0 spiro atoms. The van der Waals surface area contributed by atoms with Crippen LogP contribution in [0.15, 0.2) is 29.3 Å². The van der Waals surface area contributed by atoms with E-state index in [0.29, 0.717) is 11.3 Å². The van der Waals surface area contributed by atoms with Crippen molar-refractivity contribution in [2.75, 3.05) is 24.3 Å². The molecule has 0 bridgehead atoms. The highest BCUT2D eigenvalue weighted by Crippen LogP contribution is 2.25. The number of methoxy groups -OCH3 is 1. The zero-order valence-electron chi connectivity index (χ0n) is 18.3. The maximum atomic E-state index is 14.4. The lowest BCUT2D eigenvalue weighted by atomic mass is 10.1. The van der Waals surface area contributed by atoms with Gasteiger partial charge in [0.1, 0.15) is 12.5 Å². The SMILES string of the molecule is COC(=O)[C@@H]1C[C@@H](Nc2nc(Nc3ccc(C)c(S(N)(=O)=O)c3)ncc2F)CN1C(=O)CC#N. The Bertz CT molecular complexity index is 1260. The van der Waals surface area contributed by atoms with Crippen LogP contribution in [0.3, 0.4) is 0 Å². The summed E-state index contributed by atoms with van der Waals surface area (Å²) >= 11 is 0. The van der Waals surface area contributed by atoms with Gasteiger partial charge in [-0.1, -0.05) is 6.07 Å². The summed E-state index contributed by atoms with van der Waals surface area (Å²) in [5.74, 6) is -2.20. The molecule has 1 saturated heterocycles. The summed E-state index contributed by atoms with van der Waals surface area (Å²) in [4.78, 5) is 33.4. The highest BCUT2D eigenvalue weighted by Gasteiger charge is 2.40. The lowest BCUT2D eigenvalue weighted by molar-refractivity contribution is -0.150. The summed E-state index contributed by atoms with van der Waals surface area (Å²) in [5, 5.41) is 19.7. The summed E-state index contributed by atoms with van der Waals surface area (Å²) in [5.41, 5.74) is 0.763. The fourth-order valence-electron chi connectivity index (χ4n) is 3.58. The quantitative estimate of drug-likeness (QED) is 0.468. The number of hydrogen-bond donors (Lipinski definition) is 3. The van der Waals surface area contributed by atoms with Gasteiger partial charge in [0.25, 0.3) is 0 Å². The van der Waals surface area contributed by atoms with Gasteiger partial charge >= 0.3 is 5.97 Å². The Morgan fingerprint density at radius 1 is 1.41 bits per heavy atom. The molecule has 0 unspecified atom stereocenters. The molecule has 180 valence electrons. The van der Waals surface area contributed by atoms with Crippen LogP contribution in [0.2, 0.25) is 0 Å². The Balaban J connectivity index is 1.80. The minimum Gasteiger partial charge on any atom is -0.467 e. The molecule has 34 heavy (non-hydrogen) atoms. The van der Waals surface area contributed by atoms with Gasteiger partial charge in [0.15, 0.2) is 11.6 Å². The first-order chi connectivity index (χ1) is 16.0. The lowest BCUT2D eigenvalue weighted by Gasteiger charge is -2.21. The lowest BCUT2D eigenvalue weighted by Crippen LogP contribution is -2.41. The maximum Gasteiger partial charge on any atom is 0.328 e. The number of nitrogens with one attached hydrogen (secondary N) is 2. The Labute approximate surface area is 195 Å². The van der Waals surface area contributed by atoms with Crippen molar-refractivity contribution < 1.29 is 27.1 Å². The average Bonchev–Trinajstić information content (AvgIpc) is 3.20. The topological polar surface area (TPSA) is 180 Å². The molecule has 1 amide bonds. The van der Waals surface area contributed by atoms with E-state index in [-0.39, 0.29) is 29.6 Å². The number of rotatable bonds is 7. The zero-order chi connectivity index (χ0) is 25.0. The second-order valence-electron chi connectivity index (χ2n) is 7.54. The number of nitrogens with zero attached hydrogens (tertiary/aromatic N) is 4. The van der Waals surface area contributed by atoms with Gasteiger partial charge in [0, 0.05) is 24.7 Å². The Hall–Kier alpha value is -3.83. The third-order valence-electron chi connectivity index (χ3n) is 5.16. The number of esters is 1. The van der Waals surface area contributed by atoms with Crippen LogP contribution >= 0.6 is 0 Å².